The normalized spacial score (nSPS) is 5.00. The van der Waals surface area contributed by atoms with E-state index in [0.29, 0.717) is 0 Å². The molecule has 0 rings (SSSR count). The molecule has 0 heterocycles. The zero-order valence-electron chi connectivity index (χ0n) is 3.15. The van der Waals surface area contributed by atoms with Gasteiger partial charge in [-0.05, 0) is 0 Å². The first-order valence-corrected chi connectivity index (χ1v) is 1.13. The standard InChI is InChI=1S/C3H6O.Sn.2H/c1-2-3-4;;;/h2,4H,1,3H2;;;. The van der Waals surface area contributed by atoms with E-state index >= 15 is 0 Å². The minimum absolute atomic E-state index is 0. The van der Waals surface area contributed by atoms with Gasteiger partial charge in [-0.2, -0.15) is 0 Å². The van der Waals surface area contributed by atoms with Crippen molar-refractivity contribution in [3.05, 3.63) is 12.7 Å². The molecule has 0 amide bonds. The summed E-state index contributed by atoms with van der Waals surface area (Å²) in [5.74, 6) is 0. The summed E-state index contributed by atoms with van der Waals surface area (Å²) in [6, 6.07) is 0. The molecule has 0 atom stereocenters. The maximum atomic E-state index is 7.76. The van der Waals surface area contributed by atoms with Crippen LogP contribution in [-0.4, -0.2) is 35.6 Å². The Bertz CT molecular complexity index is 20.9. The van der Waals surface area contributed by atoms with E-state index in [1.54, 1.807) is 0 Å². The van der Waals surface area contributed by atoms with E-state index < -0.39 is 0 Å². The van der Waals surface area contributed by atoms with E-state index in [-0.39, 0.29) is 30.5 Å². The minimum atomic E-state index is 0. The molecule has 0 spiro atoms. The van der Waals surface area contributed by atoms with Crippen molar-refractivity contribution in [1.29, 1.82) is 0 Å². The van der Waals surface area contributed by atoms with Gasteiger partial charge >= 0.3 is 23.9 Å². The fourth-order valence-electron chi connectivity index (χ4n) is 0. The molecular weight excluding hydrogens is 171 g/mol. The van der Waals surface area contributed by atoms with Gasteiger partial charge in [0.1, 0.15) is 0 Å². The van der Waals surface area contributed by atoms with Crippen LogP contribution in [0.25, 0.3) is 0 Å². The van der Waals surface area contributed by atoms with E-state index in [4.69, 9.17) is 5.11 Å². The molecule has 1 nitrogen and oxygen atoms in total. The van der Waals surface area contributed by atoms with Crippen LogP contribution in [0.5, 0.6) is 0 Å². The third kappa shape index (κ3) is 12.5. The first kappa shape index (κ1) is 9.09. The summed E-state index contributed by atoms with van der Waals surface area (Å²) in [7, 11) is 0. The van der Waals surface area contributed by atoms with Gasteiger partial charge in [0.2, 0.25) is 0 Å². The van der Waals surface area contributed by atoms with E-state index in [9.17, 15) is 0 Å². The third-order valence-corrected chi connectivity index (χ3v) is 0.129. The van der Waals surface area contributed by atoms with Crippen molar-refractivity contribution in [2.75, 3.05) is 6.61 Å². The Morgan fingerprint density at radius 3 is 2.00 bits per heavy atom. The summed E-state index contributed by atoms with van der Waals surface area (Å²) < 4.78 is 0. The second-order valence-electron chi connectivity index (χ2n) is 0.471. The molecule has 1 N–H and O–H groups in total. The van der Waals surface area contributed by atoms with Crippen molar-refractivity contribution in [1.82, 2.24) is 0 Å². The van der Waals surface area contributed by atoms with Crippen molar-refractivity contribution in [2.24, 2.45) is 0 Å². The molecule has 0 aromatic carbocycles. The van der Waals surface area contributed by atoms with Gasteiger partial charge in [0, 0.05) is 0 Å². The molecule has 0 saturated heterocycles. The van der Waals surface area contributed by atoms with Crippen molar-refractivity contribution in [3.63, 3.8) is 0 Å². The fraction of sp³-hybridized carbons (Fsp3) is 0.333. The Kier molecular flexibility index (Phi) is 16.0. The van der Waals surface area contributed by atoms with Crippen LogP contribution in [0.2, 0.25) is 0 Å². The average Bonchev–Trinajstić information content (AvgIpc) is 1.37. The molecular formula is C3H8OSn. The maximum absolute atomic E-state index is 7.76. The van der Waals surface area contributed by atoms with Gasteiger partial charge in [-0.25, -0.2) is 0 Å². The Labute approximate surface area is 48.7 Å². The molecule has 0 aliphatic heterocycles. The van der Waals surface area contributed by atoms with Crippen LogP contribution < -0.4 is 0 Å². The molecule has 30 valence electrons. The Balaban J connectivity index is 0. The summed E-state index contributed by atoms with van der Waals surface area (Å²) in [5.41, 5.74) is 0. The van der Waals surface area contributed by atoms with Crippen LogP contribution in [0, 0.1) is 0 Å². The molecule has 0 aromatic heterocycles. The van der Waals surface area contributed by atoms with Gasteiger partial charge in [0.15, 0.2) is 0 Å². The van der Waals surface area contributed by atoms with Crippen molar-refractivity contribution in [2.45, 2.75) is 0 Å². The van der Waals surface area contributed by atoms with Crippen LogP contribution in [-0.2, 0) is 0 Å². The monoisotopic (exact) mass is 180 g/mol. The molecule has 0 aromatic rings. The van der Waals surface area contributed by atoms with Gasteiger partial charge in [0.25, 0.3) is 0 Å². The molecule has 0 unspecified atom stereocenters. The molecule has 0 saturated carbocycles. The van der Waals surface area contributed by atoms with Gasteiger partial charge in [-0.1, -0.05) is 6.08 Å². The number of rotatable bonds is 1. The number of hydrogen-bond acceptors (Lipinski definition) is 1. The van der Waals surface area contributed by atoms with E-state index in [0.717, 1.165) is 0 Å². The summed E-state index contributed by atoms with van der Waals surface area (Å²) in [6.07, 6.45) is 1.43. The van der Waals surface area contributed by atoms with E-state index in [2.05, 4.69) is 6.58 Å². The molecule has 0 aliphatic carbocycles. The van der Waals surface area contributed by atoms with Crippen molar-refractivity contribution >= 4 is 23.9 Å². The Morgan fingerprint density at radius 1 is 1.80 bits per heavy atom. The third-order valence-electron chi connectivity index (χ3n) is 0.129. The van der Waals surface area contributed by atoms with Gasteiger partial charge in [-0.15, -0.1) is 6.58 Å². The summed E-state index contributed by atoms with van der Waals surface area (Å²) in [5, 5.41) is 7.76. The number of hydrogen-bond donors (Lipinski definition) is 1. The van der Waals surface area contributed by atoms with E-state index in [1.165, 1.54) is 6.08 Å². The molecule has 5 heavy (non-hydrogen) atoms. The first-order chi connectivity index (χ1) is 1.91. The van der Waals surface area contributed by atoms with Crippen LogP contribution in [0.3, 0.4) is 0 Å². The average molecular weight is 179 g/mol. The quantitative estimate of drug-likeness (QED) is 0.414. The zero-order valence-corrected chi connectivity index (χ0v) is 7.18. The molecule has 2 heteroatoms. The van der Waals surface area contributed by atoms with Crippen LogP contribution in [0.1, 0.15) is 0 Å². The summed E-state index contributed by atoms with van der Waals surface area (Å²) in [6.45, 7) is 3.31. The predicted octanol–water partition coefficient (Wildman–Crippen LogP) is -0.752. The molecule has 0 aliphatic rings. The van der Waals surface area contributed by atoms with Crippen molar-refractivity contribution < 1.29 is 5.11 Å². The first-order valence-electron chi connectivity index (χ1n) is 1.13. The second kappa shape index (κ2) is 8.82. The van der Waals surface area contributed by atoms with Crippen LogP contribution in [0.4, 0.5) is 0 Å². The van der Waals surface area contributed by atoms with Crippen LogP contribution in [0.15, 0.2) is 12.7 Å². The summed E-state index contributed by atoms with van der Waals surface area (Å²) in [4.78, 5) is 0. The molecule has 2 radical (unpaired) electrons. The van der Waals surface area contributed by atoms with Crippen molar-refractivity contribution in [3.8, 4) is 0 Å². The zero-order chi connectivity index (χ0) is 3.41. The predicted molar refractivity (Wildman–Crippen MR) is 25.8 cm³/mol. The molecule has 0 bridgehead atoms. The Hall–Kier alpha value is 0.499. The molecule has 0 fully saturated rings. The fourth-order valence-corrected chi connectivity index (χ4v) is 0. The topological polar surface area (TPSA) is 20.2 Å². The van der Waals surface area contributed by atoms with Gasteiger partial charge in [0.05, 0.1) is 6.61 Å². The van der Waals surface area contributed by atoms with E-state index in [1.807, 2.05) is 0 Å². The van der Waals surface area contributed by atoms with Crippen LogP contribution >= 0.6 is 0 Å². The number of aliphatic hydroxyl groups is 1. The second-order valence-corrected chi connectivity index (χ2v) is 0.471. The Morgan fingerprint density at radius 2 is 2.00 bits per heavy atom. The van der Waals surface area contributed by atoms with Gasteiger partial charge in [-0.3, -0.25) is 0 Å². The summed E-state index contributed by atoms with van der Waals surface area (Å²) >= 11 is 0. The van der Waals surface area contributed by atoms with Gasteiger partial charge < -0.3 is 5.11 Å². The number of aliphatic hydroxyl groups excluding tert-OH is 1. The SMILES string of the molecule is C=CCO.[SnH2].